The van der Waals surface area contributed by atoms with Crippen molar-refractivity contribution in [2.24, 2.45) is 0 Å². The number of benzene rings is 3. The molecule has 1 atom stereocenters. The minimum Gasteiger partial charge on any atom is -0.457 e. The van der Waals surface area contributed by atoms with Crippen molar-refractivity contribution >= 4 is 5.91 Å². The SMILES string of the molecule is Cc1noc(-c2ccc(Oc3cc(-c4nnc(C5CCN(C(C)C)CC5)o4)ccc3CN3C[C@H](c4ccccc4)CC3=O)cc2)n1. The van der Waals surface area contributed by atoms with Gasteiger partial charge in [-0.1, -0.05) is 41.6 Å². The molecular formula is C36H38N6O4. The van der Waals surface area contributed by atoms with Gasteiger partial charge in [-0.05, 0) is 88.7 Å². The van der Waals surface area contributed by atoms with Gasteiger partial charge in [0.15, 0.2) is 5.82 Å². The maximum absolute atomic E-state index is 13.1. The average Bonchev–Trinajstić information content (AvgIpc) is 3.83. The highest BCUT2D eigenvalue weighted by Crippen LogP contribution is 2.36. The summed E-state index contributed by atoms with van der Waals surface area (Å²) >= 11 is 0. The summed E-state index contributed by atoms with van der Waals surface area (Å²) in [6, 6.07) is 24.2. The molecule has 0 N–H and O–H groups in total. The van der Waals surface area contributed by atoms with Gasteiger partial charge in [0.05, 0.1) is 0 Å². The monoisotopic (exact) mass is 618 g/mol. The summed E-state index contributed by atoms with van der Waals surface area (Å²) in [6.45, 7) is 9.40. The Balaban J connectivity index is 1.14. The van der Waals surface area contributed by atoms with Crippen molar-refractivity contribution in [2.45, 2.75) is 64.5 Å². The number of aromatic nitrogens is 4. The molecule has 5 aromatic rings. The number of hydrogen-bond donors (Lipinski definition) is 0. The number of likely N-dealkylation sites (tertiary alicyclic amines) is 2. The molecule has 0 radical (unpaired) electrons. The highest BCUT2D eigenvalue weighted by atomic mass is 16.5. The fourth-order valence-corrected chi connectivity index (χ4v) is 6.38. The van der Waals surface area contributed by atoms with Crippen molar-refractivity contribution in [3.8, 4) is 34.4 Å². The second-order valence-corrected chi connectivity index (χ2v) is 12.5. The number of piperidine rings is 1. The Morgan fingerprint density at radius 3 is 2.39 bits per heavy atom. The Labute approximate surface area is 268 Å². The van der Waals surface area contributed by atoms with Crippen molar-refractivity contribution in [3.63, 3.8) is 0 Å². The molecule has 4 heterocycles. The van der Waals surface area contributed by atoms with Crippen molar-refractivity contribution < 1.29 is 18.5 Å². The molecule has 2 aliphatic rings. The second kappa shape index (κ2) is 12.9. The van der Waals surface area contributed by atoms with Crippen LogP contribution in [0.15, 0.2) is 81.7 Å². The maximum atomic E-state index is 13.1. The minimum atomic E-state index is 0.133. The quantitative estimate of drug-likeness (QED) is 0.173. The van der Waals surface area contributed by atoms with E-state index >= 15 is 0 Å². The molecule has 10 heteroatoms. The number of hydrogen-bond acceptors (Lipinski definition) is 9. The first-order valence-electron chi connectivity index (χ1n) is 16.0. The summed E-state index contributed by atoms with van der Waals surface area (Å²) in [5, 5.41) is 12.8. The van der Waals surface area contributed by atoms with Crippen LogP contribution in [0, 0.1) is 6.92 Å². The van der Waals surface area contributed by atoms with Gasteiger partial charge in [-0.2, -0.15) is 4.98 Å². The van der Waals surface area contributed by atoms with Gasteiger partial charge in [0.1, 0.15) is 11.5 Å². The molecule has 2 aromatic heterocycles. The van der Waals surface area contributed by atoms with Crippen LogP contribution in [-0.2, 0) is 11.3 Å². The molecule has 236 valence electrons. The molecule has 2 aliphatic heterocycles. The molecule has 0 spiro atoms. The first-order valence-corrected chi connectivity index (χ1v) is 16.0. The van der Waals surface area contributed by atoms with Crippen LogP contribution in [0.25, 0.3) is 22.9 Å². The normalized spacial score (nSPS) is 17.7. The van der Waals surface area contributed by atoms with Gasteiger partial charge in [-0.25, -0.2) is 0 Å². The highest BCUT2D eigenvalue weighted by Gasteiger charge is 2.31. The second-order valence-electron chi connectivity index (χ2n) is 12.5. The fraction of sp³-hybridized carbons (Fsp3) is 0.361. The van der Waals surface area contributed by atoms with E-state index in [2.05, 4.69) is 51.2 Å². The predicted molar refractivity (Wildman–Crippen MR) is 172 cm³/mol. The number of carbonyl (C=O) groups is 1. The third-order valence-corrected chi connectivity index (χ3v) is 9.07. The van der Waals surface area contributed by atoms with E-state index in [0.29, 0.717) is 60.5 Å². The van der Waals surface area contributed by atoms with Crippen LogP contribution in [0.5, 0.6) is 11.5 Å². The average molecular weight is 619 g/mol. The van der Waals surface area contributed by atoms with E-state index in [1.165, 1.54) is 5.56 Å². The molecule has 10 nitrogen and oxygen atoms in total. The lowest BCUT2D eigenvalue weighted by atomic mass is 9.96. The first-order chi connectivity index (χ1) is 22.4. The zero-order valence-electron chi connectivity index (χ0n) is 26.4. The van der Waals surface area contributed by atoms with Crippen LogP contribution in [-0.4, -0.2) is 61.7 Å². The van der Waals surface area contributed by atoms with Crippen molar-refractivity contribution in [1.82, 2.24) is 30.1 Å². The molecule has 2 fully saturated rings. The fourth-order valence-electron chi connectivity index (χ4n) is 6.38. The molecule has 0 aliphatic carbocycles. The summed E-state index contributed by atoms with van der Waals surface area (Å²) in [7, 11) is 0. The molecule has 0 unspecified atom stereocenters. The lowest BCUT2D eigenvalue weighted by Crippen LogP contribution is -2.37. The van der Waals surface area contributed by atoms with E-state index in [-0.39, 0.29) is 17.7 Å². The third-order valence-electron chi connectivity index (χ3n) is 9.07. The van der Waals surface area contributed by atoms with Crippen LogP contribution in [0.1, 0.15) is 67.8 Å². The Morgan fingerprint density at radius 2 is 1.67 bits per heavy atom. The van der Waals surface area contributed by atoms with E-state index < -0.39 is 0 Å². The molecule has 3 aromatic carbocycles. The molecule has 1 amide bonds. The van der Waals surface area contributed by atoms with Gasteiger partial charge >= 0.3 is 0 Å². The van der Waals surface area contributed by atoms with Gasteiger partial charge in [-0.15, -0.1) is 10.2 Å². The Kier molecular flexibility index (Phi) is 8.36. The van der Waals surface area contributed by atoms with E-state index in [1.807, 2.05) is 65.6 Å². The standard InChI is InChI=1S/C36H38N6O4/c1-23(2)41-17-15-27(16-18-41)35-38-39-36(45-35)28-9-10-29(21-42-22-30(20-33(42)43)25-7-5-4-6-8-25)32(19-28)44-31-13-11-26(12-14-31)34-37-24(3)40-46-34/h4-14,19,23,27,30H,15-18,20-22H2,1-3H3/t30-/m1/s1. The number of amides is 1. The molecule has 2 saturated heterocycles. The lowest BCUT2D eigenvalue weighted by Gasteiger charge is -2.33. The van der Waals surface area contributed by atoms with Crippen LogP contribution in [0.4, 0.5) is 0 Å². The van der Waals surface area contributed by atoms with Gasteiger partial charge < -0.3 is 23.5 Å². The number of rotatable bonds is 9. The van der Waals surface area contributed by atoms with Gasteiger partial charge in [0.25, 0.3) is 5.89 Å². The van der Waals surface area contributed by atoms with Gasteiger partial charge in [-0.3, -0.25) is 4.79 Å². The van der Waals surface area contributed by atoms with E-state index in [4.69, 9.17) is 13.7 Å². The highest BCUT2D eigenvalue weighted by molar-refractivity contribution is 5.80. The van der Waals surface area contributed by atoms with Crippen molar-refractivity contribution in [3.05, 3.63) is 95.6 Å². The van der Waals surface area contributed by atoms with Crippen LogP contribution in [0.2, 0.25) is 0 Å². The first kappa shape index (κ1) is 29.9. The molecular weight excluding hydrogens is 580 g/mol. The van der Waals surface area contributed by atoms with Crippen LogP contribution < -0.4 is 4.74 Å². The van der Waals surface area contributed by atoms with Crippen molar-refractivity contribution in [1.29, 1.82) is 0 Å². The lowest BCUT2D eigenvalue weighted by molar-refractivity contribution is -0.128. The van der Waals surface area contributed by atoms with Gasteiger partial charge in [0, 0.05) is 54.1 Å². The van der Waals surface area contributed by atoms with E-state index in [0.717, 1.165) is 42.6 Å². The van der Waals surface area contributed by atoms with Crippen LogP contribution in [0.3, 0.4) is 0 Å². The summed E-state index contributed by atoms with van der Waals surface area (Å²) < 4.78 is 18.0. The van der Waals surface area contributed by atoms with Gasteiger partial charge in [0.2, 0.25) is 17.7 Å². The summed E-state index contributed by atoms with van der Waals surface area (Å²) in [5.41, 5.74) is 3.64. The number of carbonyl (C=O) groups excluding carboxylic acids is 1. The largest absolute Gasteiger partial charge is 0.457 e. The molecule has 7 rings (SSSR count). The maximum Gasteiger partial charge on any atom is 0.257 e. The summed E-state index contributed by atoms with van der Waals surface area (Å²) in [4.78, 5) is 21.8. The Bertz CT molecular complexity index is 1790. The van der Waals surface area contributed by atoms with Crippen LogP contribution >= 0.6 is 0 Å². The Morgan fingerprint density at radius 1 is 0.913 bits per heavy atom. The topological polar surface area (TPSA) is 111 Å². The van der Waals surface area contributed by atoms with Crippen molar-refractivity contribution in [2.75, 3.05) is 19.6 Å². The number of ether oxygens (including phenoxy) is 1. The summed E-state index contributed by atoms with van der Waals surface area (Å²) in [5.74, 6) is 3.99. The zero-order valence-corrected chi connectivity index (χ0v) is 26.4. The zero-order chi connectivity index (χ0) is 31.6. The molecule has 46 heavy (non-hydrogen) atoms. The van der Waals surface area contributed by atoms with E-state index in [1.54, 1.807) is 6.92 Å². The molecule has 0 bridgehead atoms. The minimum absolute atomic E-state index is 0.133. The molecule has 0 saturated carbocycles. The smallest absolute Gasteiger partial charge is 0.257 e. The third kappa shape index (κ3) is 6.44. The number of aryl methyl sites for hydroxylation is 1. The van der Waals surface area contributed by atoms with E-state index in [9.17, 15) is 4.79 Å². The number of nitrogens with zero attached hydrogens (tertiary/aromatic N) is 6. The Hall–Kier alpha value is -4.83. The predicted octanol–water partition coefficient (Wildman–Crippen LogP) is 6.99. The summed E-state index contributed by atoms with van der Waals surface area (Å²) in [6.07, 6.45) is 2.50.